The fraction of sp³-hybridized carbons (Fsp3) is 0.312. The van der Waals surface area contributed by atoms with Crippen LogP contribution in [-0.4, -0.2) is 21.6 Å². The summed E-state index contributed by atoms with van der Waals surface area (Å²) < 4.78 is 0. The van der Waals surface area contributed by atoms with Crippen LogP contribution < -0.4 is 11.1 Å². The van der Waals surface area contributed by atoms with Gasteiger partial charge < -0.3 is 11.1 Å². The first-order valence-corrected chi connectivity index (χ1v) is 8.10. The van der Waals surface area contributed by atoms with Crippen LogP contribution in [0.15, 0.2) is 29.4 Å². The predicted molar refractivity (Wildman–Crippen MR) is 91.1 cm³/mol. The van der Waals surface area contributed by atoms with Gasteiger partial charge in [-0.1, -0.05) is 36.9 Å². The van der Waals surface area contributed by atoms with Crippen molar-refractivity contribution in [1.82, 2.24) is 9.97 Å². The molecule has 6 heteroatoms. The first-order valence-electron chi connectivity index (χ1n) is 7.12. The molecule has 0 spiro atoms. The Labute approximate surface area is 134 Å². The van der Waals surface area contributed by atoms with Gasteiger partial charge in [0.1, 0.15) is 5.82 Å². The van der Waals surface area contributed by atoms with Gasteiger partial charge in [-0.3, -0.25) is 4.79 Å². The van der Waals surface area contributed by atoms with Crippen LogP contribution in [0, 0.1) is 13.8 Å². The summed E-state index contributed by atoms with van der Waals surface area (Å²) in [5.41, 5.74) is 9.58. The number of aryl methyl sites for hydroxylation is 3. The van der Waals surface area contributed by atoms with Gasteiger partial charge in [0.25, 0.3) is 0 Å². The molecule has 2 rings (SSSR count). The molecule has 22 heavy (non-hydrogen) atoms. The third-order valence-electron chi connectivity index (χ3n) is 3.19. The third-order valence-corrected chi connectivity index (χ3v) is 4.04. The van der Waals surface area contributed by atoms with E-state index in [1.807, 2.05) is 32.0 Å². The van der Waals surface area contributed by atoms with E-state index in [0.29, 0.717) is 11.0 Å². The highest BCUT2D eigenvalue weighted by Gasteiger charge is 2.10. The molecule has 5 nitrogen and oxygen atoms in total. The molecule has 0 radical (unpaired) electrons. The zero-order valence-electron chi connectivity index (χ0n) is 13.0. The Balaban J connectivity index is 2.02. The highest BCUT2D eigenvalue weighted by atomic mass is 32.2. The number of thioether (sulfide) groups is 1. The van der Waals surface area contributed by atoms with Crippen LogP contribution in [0.2, 0.25) is 0 Å². The molecule has 0 aliphatic carbocycles. The Morgan fingerprint density at radius 3 is 2.77 bits per heavy atom. The number of amides is 1. The van der Waals surface area contributed by atoms with E-state index in [1.165, 1.54) is 11.8 Å². The third kappa shape index (κ3) is 4.21. The van der Waals surface area contributed by atoms with Crippen molar-refractivity contribution in [2.24, 2.45) is 0 Å². The molecule has 1 aromatic carbocycles. The summed E-state index contributed by atoms with van der Waals surface area (Å²) in [7, 11) is 0. The lowest BCUT2D eigenvalue weighted by Crippen LogP contribution is -2.16. The molecular weight excluding hydrogens is 296 g/mol. The second kappa shape index (κ2) is 7.26. The molecule has 116 valence electrons. The minimum Gasteiger partial charge on any atom is -0.384 e. The molecule has 0 aliphatic heterocycles. The summed E-state index contributed by atoms with van der Waals surface area (Å²) >= 11 is 1.28. The fourth-order valence-electron chi connectivity index (χ4n) is 2.14. The first kappa shape index (κ1) is 16.3. The number of anilines is 2. The topological polar surface area (TPSA) is 80.9 Å². The number of rotatable bonds is 5. The standard InChI is InChI=1S/C16H20N4OS/c1-4-12-7-5-6-10(2)15(12)20-14(21)9-22-16-18-11(3)8-13(17)19-16/h5-8H,4,9H2,1-3H3,(H,20,21)(H2,17,18,19). The summed E-state index contributed by atoms with van der Waals surface area (Å²) in [6, 6.07) is 7.72. The molecule has 1 heterocycles. The van der Waals surface area contributed by atoms with E-state index in [9.17, 15) is 4.79 Å². The zero-order chi connectivity index (χ0) is 16.1. The van der Waals surface area contributed by atoms with Crippen molar-refractivity contribution in [1.29, 1.82) is 0 Å². The zero-order valence-corrected chi connectivity index (χ0v) is 13.8. The van der Waals surface area contributed by atoms with Gasteiger partial charge in [0, 0.05) is 17.4 Å². The Hall–Kier alpha value is -2.08. The molecule has 0 saturated carbocycles. The van der Waals surface area contributed by atoms with Crippen molar-refractivity contribution in [2.45, 2.75) is 32.3 Å². The Kier molecular flexibility index (Phi) is 5.38. The van der Waals surface area contributed by atoms with E-state index in [1.54, 1.807) is 6.07 Å². The second-order valence-corrected chi connectivity index (χ2v) is 5.96. The number of nitrogens with one attached hydrogen (secondary N) is 1. The lowest BCUT2D eigenvalue weighted by molar-refractivity contribution is -0.113. The highest BCUT2D eigenvalue weighted by Crippen LogP contribution is 2.22. The molecule has 0 unspecified atom stereocenters. The van der Waals surface area contributed by atoms with Crippen LogP contribution in [0.3, 0.4) is 0 Å². The minimum absolute atomic E-state index is 0.0716. The van der Waals surface area contributed by atoms with E-state index >= 15 is 0 Å². The minimum atomic E-state index is -0.0716. The SMILES string of the molecule is CCc1cccc(C)c1NC(=O)CSc1nc(C)cc(N)n1. The van der Waals surface area contributed by atoms with Gasteiger partial charge >= 0.3 is 0 Å². The number of carbonyl (C=O) groups is 1. The number of aromatic nitrogens is 2. The number of benzene rings is 1. The van der Waals surface area contributed by atoms with Crippen molar-refractivity contribution in [3.05, 3.63) is 41.1 Å². The second-order valence-electron chi connectivity index (χ2n) is 5.02. The van der Waals surface area contributed by atoms with Gasteiger partial charge in [0.05, 0.1) is 5.75 Å². The maximum Gasteiger partial charge on any atom is 0.234 e. The number of carbonyl (C=O) groups excluding carboxylic acids is 1. The largest absolute Gasteiger partial charge is 0.384 e. The molecule has 0 aliphatic rings. The average Bonchev–Trinajstić information content (AvgIpc) is 2.46. The molecule has 1 aromatic heterocycles. The van der Waals surface area contributed by atoms with E-state index in [2.05, 4.69) is 22.2 Å². The maximum absolute atomic E-state index is 12.2. The molecule has 2 aromatic rings. The Morgan fingerprint density at radius 1 is 1.32 bits per heavy atom. The Morgan fingerprint density at radius 2 is 2.09 bits per heavy atom. The van der Waals surface area contributed by atoms with Crippen LogP contribution in [0.5, 0.6) is 0 Å². The smallest absolute Gasteiger partial charge is 0.234 e. The number of para-hydroxylation sites is 1. The normalized spacial score (nSPS) is 10.5. The van der Waals surface area contributed by atoms with E-state index in [0.717, 1.165) is 28.9 Å². The summed E-state index contributed by atoms with van der Waals surface area (Å²) in [4.78, 5) is 20.5. The van der Waals surface area contributed by atoms with Crippen molar-refractivity contribution < 1.29 is 4.79 Å². The summed E-state index contributed by atoms with van der Waals surface area (Å²) in [6.07, 6.45) is 0.877. The highest BCUT2D eigenvalue weighted by molar-refractivity contribution is 7.99. The van der Waals surface area contributed by atoms with Crippen LogP contribution in [0.1, 0.15) is 23.7 Å². The molecule has 0 fully saturated rings. The van der Waals surface area contributed by atoms with Crippen molar-refractivity contribution in [3.63, 3.8) is 0 Å². The molecular formula is C16H20N4OS. The number of hydrogen-bond donors (Lipinski definition) is 2. The van der Waals surface area contributed by atoms with Crippen molar-refractivity contribution in [2.75, 3.05) is 16.8 Å². The van der Waals surface area contributed by atoms with Gasteiger partial charge in [0.15, 0.2) is 5.16 Å². The molecule has 3 N–H and O–H groups in total. The summed E-state index contributed by atoms with van der Waals surface area (Å²) in [5, 5.41) is 3.50. The summed E-state index contributed by atoms with van der Waals surface area (Å²) in [6.45, 7) is 5.91. The van der Waals surface area contributed by atoms with E-state index in [-0.39, 0.29) is 11.7 Å². The first-order chi connectivity index (χ1) is 10.5. The maximum atomic E-state index is 12.2. The van der Waals surface area contributed by atoms with Gasteiger partial charge in [-0.05, 0) is 31.4 Å². The van der Waals surface area contributed by atoms with Gasteiger partial charge in [-0.15, -0.1) is 0 Å². The van der Waals surface area contributed by atoms with E-state index < -0.39 is 0 Å². The van der Waals surface area contributed by atoms with Crippen LogP contribution >= 0.6 is 11.8 Å². The quantitative estimate of drug-likeness (QED) is 0.655. The van der Waals surface area contributed by atoms with E-state index in [4.69, 9.17) is 5.73 Å². The van der Waals surface area contributed by atoms with Crippen LogP contribution in [0.25, 0.3) is 0 Å². The van der Waals surface area contributed by atoms with Crippen molar-refractivity contribution in [3.8, 4) is 0 Å². The van der Waals surface area contributed by atoms with Gasteiger partial charge in [0.2, 0.25) is 5.91 Å². The molecule has 0 saturated heterocycles. The number of hydrogen-bond acceptors (Lipinski definition) is 5. The molecule has 1 amide bonds. The molecule has 0 atom stereocenters. The lowest BCUT2D eigenvalue weighted by Gasteiger charge is -2.12. The monoisotopic (exact) mass is 316 g/mol. The van der Waals surface area contributed by atoms with Crippen molar-refractivity contribution >= 4 is 29.2 Å². The van der Waals surface area contributed by atoms with Crippen LogP contribution in [0.4, 0.5) is 11.5 Å². The fourth-order valence-corrected chi connectivity index (χ4v) is 2.85. The number of nitrogens with zero attached hydrogens (tertiary/aromatic N) is 2. The Bertz CT molecular complexity index is 668. The predicted octanol–water partition coefficient (Wildman–Crippen LogP) is 2.97. The average molecular weight is 316 g/mol. The molecule has 0 bridgehead atoms. The van der Waals surface area contributed by atoms with Crippen LogP contribution in [-0.2, 0) is 11.2 Å². The lowest BCUT2D eigenvalue weighted by atomic mass is 10.1. The number of nitrogens with two attached hydrogens (primary N) is 1. The summed E-state index contributed by atoms with van der Waals surface area (Å²) in [5.74, 6) is 0.598. The van der Waals surface area contributed by atoms with Gasteiger partial charge in [-0.25, -0.2) is 9.97 Å². The van der Waals surface area contributed by atoms with Gasteiger partial charge in [-0.2, -0.15) is 0 Å². The number of nitrogen functional groups attached to an aromatic ring is 1.